The number of hydrogen-bond acceptors (Lipinski definition) is 4. The summed E-state index contributed by atoms with van der Waals surface area (Å²) in [6, 6.07) is 16.8. The molecule has 5 heteroatoms. The van der Waals surface area contributed by atoms with Crippen LogP contribution in [0.2, 0.25) is 0 Å². The molecule has 0 amide bonds. The fraction of sp³-hybridized carbons (Fsp3) is 0.300. The highest BCUT2D eigenvalue weighted by Crippen LogP contribution is 2.29. The molecule has 1 aliphatic heterocycles. The Hall–Kier alpha value is -2.66. The lowest BCUT2D eigenvalue weighted by Crippen LogP contribution is -2.12. The van der Waals surface area contributed by atoms with Crippen molar-refractivity contribution in [2.45, 2.75) is 19.4 Å². The van der Waals surface area contributed by atoms with Crippen molar-refractivity contribution in [2.75, 3.05) is 20.3 Å². The molecular formula is C20H21N3O2. The molecule has 1 fully saturated rings. The van der Waals surface area contributed by atoms with Gasteiger partial charge in [0.25, 0.3) is 0 Å². The van der Waals surface area contributed by atoms with Crippen LogP contribution < -0.4 is 4.74 Å². The van der Waals surface area contributed by atoms with E-state index >= 15 is 0 Å². The van der Waals surface area contributed by atoms with Gasteiger partial charge in [0.1, 0.15) is 11.6 Å². The van der Waals surface area contributed by atoms with E-state index in [1.54, 1.807) is 7.11 Å². The number of rotatable bonds is 4. The molecule has 1 saturated heterocycles. The van der Waals surface area contributed by atoms with Crippen LogP contribution in [-0.2, 0) is 4.74 Å². The third kappa shape index (κ3) is 3.15. The Kier molecular flexibility index (Phi) is 4.24. The number of benzene rings is 2. The van der Waals surface area contributed by atoms with Crippen molar-refractivity contribution in [3.8, 4) is 28.3 Å². The Morgan fingerprint density at radius 2 is 1.88 bits per heavy atom. The van der Waals surface area contributed by atoms with E-state index in [-0.39, 0.29) is 6.04 Å². The average Bonchev–Trinajstić information content (AvgIpc) is 3.31. The molecule has 2 heterocycles. The van der Waals surface area contributed by atoms with E-state index in [0.717, 1.165) is 47.1 Å². The molecule has 1 aromatic heterocycles. The van der Waals surface area contributed by atoms with Gasteiger partial charge >= 0.3 is 0 Å². The van der Waals surface area contributed by atoms with Gasteiger partial charge in [-0.1, -0.05) is 30.3 Å². The summed E-state index contributed by atoms with van der Waals surface area (Å²) in [6.07, 6.45) is 0.980. The molecule has 1 aliphatic rings. The average molecular weight is 335 g/mol. The Balaban J connectivity index is 1.72. The number of aryl methyl sites for hydroxylation is 1. The molecule has 25 heavy (non-hydrogen) atoms. The molecule has 0 radical (unpaired) electrons. The minimum atomic E-state index is 0.265. The first kappa shape index (κ1) is 15.8. The fourth-order valence-corrected chi connectivity index (χ4v) is 3.22. The predicted molar refractivity (Wildman–Crippen MR) is 96.7 cm³/mol. The Bertz CT molecular complexity index is 865. The second-order valence-corrected chi connectivity index (χ2v) is 6.25. The summed E-state index contributed by atoms with van der Waals surface area (Å²) in [5.41, 5.74) is 3.37. The first-order valence-electron chi connectivity index (χ1n) is 8.50. The maximum Gasteiger partial charge on any atom is 0.158 e. The zero-order valence-corrected chi connectivity index (χ0v) is 14.5. The minimum Gasteiger partial charge on any atom is -0.497 e. The second-order valence-electron chi connectivity index (χ2n) is 6.25. The van der Waals surface area contributed by atoms with Crippen LogP contribution in [0, 0.1) is 6.92 Å². The van der Waals surface area contributed by atoms with E-state index in [2.05, 4.69) is 46.5 Å². The highest BCUT2D eigenvalue weighted by Gasteiger charge is 2.23. The van der Waals surface area contributed by atoms with Crippen LogP contribution in [0.3, 0.4) is 0 Å². The van der Waals surface area contributed by atoms with E-state index < -0.39 is 0 Å². The van der Waals surface area contributed by atoms with Gasteiger partial charge in [0.2, 0.25) is 0 Å². The van der Waals surface area contributed by atoms with E-state index in [1.165, 1.54) is 0 Å². The van der Waals surface area contributed by atoms with Gasteiger partial charge in [-0.25, -0.2) is 9.67 Å². The van der Waals surface area contributed by atoms with Crippen molar-refractivity contribution in [3.05, 3.63) is 54.4 Å². The molecule has 2 aromatic carbocycles. The van der Waals surface area contributed by atoms with Gasteiger partial charge in [0.05, 0.1) is 19.8 Å². The summed E-state index contributed by atoms with van der Waals surface area (Å²) in [5, 5.41) is 4.60. The molecule has 128 valence electrons. The van der Waals surface area contributed by atoms with Crippen LogP contribution in [-0.4, -0.2) is 35.1 Å². The molecule has 0 N–H and O–H groups in total. The highest BCUT2D eigenvalue weighted by molar-refractivity contribution is 5.70. The molecule has 4 rings (SSSR count). The Labute approximate surface area is 147 Å². The van der Waals surface area contributed by atoms with Crippen molar-refractivity contribution in [2.24, 2.45) is 0 Å². The molecule has 1 unspecified atom stereocenters. The minimum absolute atomic E-state index is 0.265. The first-order chi connectivity index (χ1) is 12.2. The van der Waals surface area contributed by atoms with Crippen molar-refractivity contribution in [3.63, 3.8) is 0 Å². The van der Waals surface area contributed by atoms with Crippen molar-refractivity contribution in [1.82, 2.24) is 14.8 Å². The number of hydrogen-bond donors (Lipinski definition) is 0. The largest absolute Gasteiger partial charge is 0.497 e. The zero-order valence-electron chi connectivity index (χ0n) is 14.5. The van der Waals surface area contributed by atoms with E-state index in [0.29, 0.717) is 6.61 Å². The number of ether oxygens (including phenoxy) is 2. The van der Waals surface area contributed by atoms with Crippen molar-refractivity contribution >= 4 is 0 Å². The summed E-state index contributed by atoms with van der Waals surface area (Å²) in [4.78, 5) is 4.66. The topological polar surface area (TPSA) is 49.2 Å². The molecule has 5 nitrogen and oxygen atoms in total. The summed E-state index contributed by atoms with van der Waals surface area (Å²) >= 11 is 0. The Morgan fingerprint density at radius 3 is 2.60 bits per heavy atom. The number of aromatic nitrogens is 3. The fourth-order valence-electron chi connectivity index (χ4n) is 3.22. The summed E-state index contributed by atoms with van der Waals surface area (Å²) < 4.78 is 12.8. The van der Waals surface area contributed by atoms with Crippen LogP contribution >= 0.6 is 0 Å². The molecular weight excluding hydrogens is 314 g/mol. The normalized spacial score (nSPS) is 17.0. The first-order valence-corrected chi connectivity index (χ1v) is 8.50. The lowest BCUT2D eigenvalue weighted by Gasteiger charge is -2.12. The third-order valence-electron chi connectivity index (χ3n) is 4.53. The second kappa shape index (κ2) is 6.69. The van der Waals surface area contributed by atoms with Crippen molar-refractivity contribution in [1.29, 1.82) is 0 Å². The van der Waals surface area contributed by atoms with E-state index in [9.17, 15) is 0 Å². The zero-order chi connectivity index (χ0) is 17.2. The van der Waals surface area contributed by atoms with Gasteiger partial charge in [0.15, 0.2) is 5.82 Å². The maximum atomic E-state index is 5.53. The standard InChI is InChI=1S/C20H21N3O2/c1-14-21-20(23(22-14)18-10-11-25-13-18)17-5-3-4-16(12-17)15-6-8-19(24-2)9-7-15/h3-9,12,18H,10-11,13H2,1-2H3. The van der Waals surface area contributed by atoms with Crippen LogP contribution in [0.4, 0.5) is 0 Å². The molecule has 1 atom stereocenters. The van der Waals surface area contributed by atoms with Gasteiger partial charge in [-0.15, -0.1) is 0 Å². The molecule has 0 spiro atoms. The third-order valence-corrected chi connectivity index (χ3v) is 4.53. The van der Waals surface area contributed by atoms with Gasteiger partial charge in [-0.05, 0) is 42.7 Å². The van der Waals surface area contributed by atoms with Gasteiger partial charge in [-0.2, -0.15) is 5.10 Å². The quantitative estimate of drug-likeness (QED) is 0.726. The molecule has 0 aliphatic carbocycles. The number of methoxy groups -OCH3 is 1. The summed E-state index contributed by atoms with van der Waals surface area (Å²) in [7, 11) is 1.68. The van der Waals surface area contributed by atoms with E-state index in [1.807, 2.05) is 23.7 Å². The van der Waals surface area contributed by atoms with E-state index in [4.69, 9.17) is 9.47 Å². The Morgan fingerprint density at radius 1 is 1.08 bits per heavy atom. The smallest absolute Gasteiger partial charge is 0.158 e. The van der Waals surface area contributed by atoms with Gasteiger partial charge < -0.3 is 9.47 Å². The maximum absolute atomic E-state index is 5.53. The SMILES string of the molecule is COc1ccc(-c2cccc(-c3nc(C)nn3C3CCOC3)c2)cc1. The molecule has 0 saturated carbocycles. The number of nitrogens with zero attached hydrogens (tertiary/aromatic N) is 3. The van der Waals surface area contributed by atoms with Gasteiger partial charge in [-0.3, -0.25) is 0 Å². The molecule has 3 aromatic rings. The highest BCUT2D eigenvalue weighted by atomic mass is 16.5. The summed E-state index contributed by atoms with van der Waals surface area (Å²) in [5.74, 6) is 2.55. The van der Waals surface area contributed by atoms with Gasteiger partial charge in [0, 0.05) is 12.2 Å². The lowest BCUT2D eigenvalue weighted by molar-refractivity contribution is 0.184. The van der Waals surface area contributed by atoms with Crippen LogP contribution in [0.25, 0.3) is 22.5 Å². The predicted octanol–water partition coefficient (Wildman–Crippen LogP) is 3.89. The monoisotopic (exact) mass is 335 g/mol. The van der Waals surface area contributed by atoms with Crippen LogP contribution in [0.15, 0.2) is 48.5 Å². The van der Waals surface area contributed by atoms with Crippen LogP contribution in [0.1, 0.15) is 18.3 Å². The molecule has 0 bridgehead atoms. The summed E-state index contributed by atoms with van der Waals surface area (Å²) in [6.45, 7) is 3.42. The van der Waals surface area contributed by atoms with Crippen molar-refractivity contribution < 1.29 is 9.47 Å². The lowest BCUT2D eigenvalue weighted by atomic mass is 10.0. The van der Waals surface area contributed by atoms with Crippen LogP contribution in [0.5, 0.6) is 5.75 Å².